The summed E-state index contributed by atoms with van der Waals surface area (Å²) >= 11 is 0. The van der Waals surface area contributed by atoms with Crippen LogP contribution in [0.5, 0.6) is 63.2 Å². The molecule has 128 heavy (non-hydrogen) atoms. The Morgan fingerprint density at radius 3 is 1.01 bits per heavy atom. The molecule has 0 atom stereocenters. The summed E-state index contributed by atoms with van der Waals surface area (Å²) in [5, 5.41) is 35.9. The molecule has 0 amide bonds. The van der Waals surface area contributed by atoms with Crippen LogP contribution >= 0.6 is 0 Å². The van der Waals surface area contributed by atoms with Crippen molar-refractivity contribution in [2.24, 2.45) is 0 Å². The molecule has 0 heterocycles. The predicted molar refractivity (Wildman–Crippen MR) is 413 cm³/mol. The molecule has 0 radical (unpaired) electrons. The van der Waals surface area contributed by atoms with E-state index in [1.54, 1.807) is 116 Å². The van der Waals surface area contributed by atoms with Gasteiger partial charge in [-0.05, 0) is 168 Å². The number of methoxy groups -OCH3 is 1. The van der Waals surface area contributed by atoms with Gasteiger partial charge in [-0.15, -0.1) is 12.8 Å². The van der Waals surface area contributed by atoms with Crippen molar-refractivity contribution in [2.45, 2.75) is 16.7 Å². The number of phenolic OH excluding ortho intramolecular Hbond substituents is 4. The summed E-state index contributed by atoms with van der Waals surface area (Å²) in [7, 11) is -8.85. The van der Waals surface area contributed by atoms with Crippen LogP contribution < -0.4 is 122 Å². The molecule has 0 saturated heterocycles. The third-order valence-electron chi connectivity index (χ3n) is 17.6. The number of ether oxygens (including phenoxy) is 4. The van der Waals surface area contributed by atoms with Gasteiger partial charge in [0.15, 0.2) is 69.8 Å². The Kier molecular flexibility index (Phi) is 34.5. The van der Waals surface area contributed by atoms with Crippen LogP contribution in [0.25, 0.3) is 66.8 Å². The molecule has 0 aliphatic heterocycles. The Labute approximate surface area is 797 Å². The molecule has 14 rings (SSSR count). The molecule has 0 bridgehead atoms. The van der Waals surface area contributed by atoms with Crippen molar-refractivity contribution in [3.05, 3.63) is 351 Å². The van der Waals surface area contributed by atoms with Gasteiger partial charge in [-0.3, -0.25) is 0 Å². The van der Waals surface area contributed by atoms with Crippen molar-refractivity contribution in [3.8, 4) is 155 Å². The van der Waals surface area contributed by atoms with Crippen molar-refractivity contribution < 1.29 is 256 Å². The fraction of sp³-hybridized carbons (Fsp3) is 0.0222. The first kappa shape index (κ1) is 102. The smallest absolute Gasteiger partial charge is 0.744 e. The van der Waals surface area contributed by atoms with Crippen LogP contribution in [0.3, 0.4) is 0 Å². The van der Waals surface area contributed by atoms with Gasteiger partial charge in [0, 0.05) is 34.4 Å². The van der Waals surface area contributed by atoms with Gasteiger partial charge < -0.3 is 48.5 Å². The van der Waals surface area contributed by atoms with Gasteiger partial charge in [-0.25, -0.2) is 87.1 Å². The van der Waals surface area contributed by atoms with Crippen LogP contribution in [0.15, 0.2) is 228 Å². The SMILES string of the molecule is C#Cc1ccc(-c2cc(C)ccc2Oc2ccc(Oc3c(F)c(F)c(-c4c(F)c(F)c(Oc5ccc(-c6ccc(OC)cc6)cc5)c(F)c4F)c(F)c3F)c(S(=O)(=O)[O-])c2)cc1.C#Cc1ccc(-c2cc(F)ccc2F)cc1.Fc1c(F)c(F)c(-c2c(F)c(F)c(F)c(F)c2F)c(F)c1F.O=S(=O)([O-])c1cc(O)ccc1O.Oc1ccc(-c2ccc(O)cc2)cc1.[K+].[K+]. The third kappa shape index (κ3) is 23.4. The summed E-state index contributed by atoms with van der Waals surface area (Å²) in [5.41, 5.74) is -1.59. The minimum atomic E-state index is -5.61. The molecule has 0 saturated carbocycles. The van der Waals surface area contributed by atoms with E-state index in [0.717, 1.165) is 47.0 Å². The molecular formula is C90H48F20K2O14S2. The Morgan fingerprint density at radius 2 is 0.633 bits per heavy atom. The number of benzene rings is 14. The van der Waals surface area contributed by atoms with Gasteiger partial charge in [-0.2, -0.15) is 17.6 Å². The normalized spacial score (nSPS) is 10.8. The van der Waals surface area contributed by atoms with Gasteiger partial charge in [0.25, 0.3) is 0 Å². The Bertz CT molecular complexity index is 6630. The standard InChI is InChI=1S/C46H26F8O7S.C14H8F2.C12F10.C12H10O2.C6H6O5S.2K/c1-4-24-6-8-27(9-7-24)31-21-23(2)5-19-32(31)59-30-18-20-33(34(22-30)62(55,56)57)61-46-43(53)39(49)36(40(50)44(46)54)35-37(47)41(51)45(42(52)38(35)48)60-29-16-12-26(13-17-29)25-10-14-28(58-3)15-11-25;1-2-10-3-5-11(6-4-10)13-9-12(15)7-8-14(13)16;13-3-1(4(14)8(18)11(21)7(3)17)2-5(15)9(19)12(22)10(20)6(2)16;13-11-5-1-9(2-6-11)10-3-7-12(14)8-4-10;7-4-1-2-5(8)6(3-4)12(9,10)11;;/h1,5-22H,2-3H3,(H,55,56,57);1,3-9H;;1-8,13-14H;1-3,7-8H,(H,9,10,11);;/q;;;;;2*+1/p-2. The number of aromatic hydroxyl groups is 4. The van der Waals surface area contributed by atoms with Gasteiger partial charge in [0.1, 0.15) is 88.5 Å². The molecule has 4 N–H and O–H groups in total. The van der Waals surface area contributed by atoms with Crippen LogP contribution in [0.1, 0.15) is 16.7 Å². The summed E-state index contributed by atoms with van der Waals surface area (Å²) in [5.74, 6) is -48.0. The molecular weight excluding hydrogens is 1830 g/mol. The molecule has 0 unspecified atom stereocenters. The fourth-order valence-electron chi connectivity index (χ4n) is 11.4. The second-order valence-electron chi connectivity index (χ2n) is 25.7. The van der Waals surface area contributed by atoms with E-state index in [1.165, 1.54) is 43.5 Å². The molecule has 38 heteroatoms. The van der Waals surface area contributed by atoms with Gasteiger partial charge in [0.2, 0.25) is 46.4 Å². The number of halogens is 20. The average molecular weight is 1880 g/mol. The zero-order chi connectivity index (χ0) is 92.4. The van der Waals surface area contributed by atoms with Crippen molar-refractivity contribution >= 4 is 20.2 Å². The maximum atomic E-state index is 15.6. The number of phenols is 4. The largest absolute Gasteiger partial charge is 1.00 e. The Balaban J connectivity index is 0.000000245. The number of aryl methyl sites for hydroxylation is 1. The zero-order valence-corrected chi connectivity index (χ0v) is 73.1. The van der Waals surface area contributed by atoms with E-state index < -0.39 is 192 Å². The summed E-state index contributed by atoms with van der Waals surface area (Å²) in [6.07, 6.45) is 10.6. The van der Waals surface area contributed by atoms with Crippen LogP contribution in [-0.4, -0.2) is 53.5 Å². The van der Waals surface area contributed by atoms with Crippen LogP contribution in [0.2, 0.25) is 0 Å². The molecule has 0 aliphatic rings. The topological polar surface area (TPSA) is 232 Å². The Morgan fingerprint density at radius 1 is 0.305 bits per heavy atom. The van der Waals surface area contributed by atoms with E-state index in [2.05, 4.69) is 11.8 Å². The third-order valence-corrected chi connectivity index (χ3v) is 19.3. The van der Waals surface area contributed by atoms with E-state index in [-0.39, 0.29) is 143 Å². The minimum Gasteiger partial charge on any atom is -0.744 e. The predicted octanol–water partition coefficient (Wildman–Crippen LogP) is 17.5. The number of terminal acetylenes is 2. The van der Waals surface area contributed by atoms with Crippen molar-refractivity contribution in [1.29, 1.82) is 0 Å². The Hall–Kier alpha value is -11.7. The number of rotatable bonds is 15. The maximum Gasteiger partial charge on any atom is 1.00 e. The van der Waals surface area contributed by atoms with E-state index in [1.807, 2.05) is 24.3 Å². The molecule has 0 aromatic heterocycles. The van der Waals surface area contributed by atoms with Gasteiger partial charge >= 0.3 is 103 Å². The van der Waals surface area contributed by atoms with Gasteiger partial charge in [0.05, 0.1) is 34.3 Å². The quantitative estimate of drug-likeness (QED) is 0.0142. The van der Waals surface area contributed by atoms with Gasteiger partial charge in [-0.1, -0.05) is 96.3 Å². The zero-order valence-electron chi connectivity index (χ0n) is 65.2. The first-order chi connectivity index (χ1) is 59.5. The minimum absolute atomic E-state index is 0. The fourth-order valence-corrected chi connectivity index (χ4v) is 12.6. The molecule has 0 spiro atoms. The number of hydrogen-bond donors (Lipinski definition) is 4. The first-order valence-corrected chi connectivity index (χ1v) is 37.7. The van der Waals surface area contributed by atoms with E-state index in [0.29, 0.717) is 62.9 Å². The maximum absolute atomic E-state index is 15.6. The van der Waals surface area contributed by atoms with Crippen LogP contribution in [0.4, 0.5) is 87.8 Å². The summed E-state index contributed by atoms with van der Waals surface area (Å²) < 4.78 is 370. The summed E-state index contributed by atoms with van der Waals surface area (Å²) in [6.45, 7) is 1.79. The van der Waals surface area contributed by atoms with Crippen LogP contribution in [0, 0.1) is 148 Å². The van der Waals surface area contributed by atoms with Crippen molar-refractivity contribution in [3.63, 3.8) is 0 Å². The number of hydrogen-bond acceptors (Lipinski definition) is 14. The second kappa shape index (κ2) is 43.4. The molecule has 0 fully saturated rings. The first-order valence-electron chi connectivity index (χ1n) is 34.9. The average Bonchev–Trinajstić information content (AvgIpc) is 0.745. The summed E-state index contributed by atoms with van der Waals surface area (Å²) in [4.78, 5) is -2.14. The summed E-state index contributed by atoms with van der Waals surface area (Å²) in [6, 6.07) is 52.6. The second-order valence-corrected chi connectivity index (χ2v) is 28.4. The van der Waals surface area contributed by atoms with E-state index >= 15 is 35.1 Å². The van der Waals surface area contributed by atoms with Crippen molar-refractivity contribution in [1.82, 2.24) is 0 Å². The van der Waals surface area contributed by atoms with Crippen molar-refractivity contribution in [2.75, 3.05) is 7.11 Å². The molecule has 14 aromatic carbocycles. The van der Waals surface area contributed by atoms with Crippen LogP contribution in [-0.2, 0) is 20.2 Å². The monoisotopic (exact) mass is 1870 g/mol. The van der Waals surface area contributed by atoms with E-state index in [9.17, 15) is 78.6 Å². The van der Waals surface area contributed by atoms with E-state index in [4.69, 9.17) is 52.2 Å². The molecule has 14 nitrogen and oxygen atoms in total. The molecule has 646 valence electrons. The molecule has 14 aromatic rings. The molecule has 0 aliphatic carbocycles.